The molecule has 0 aliphatic carbocycles. The monoisotopic (exact) mass is 323 g/mol. The molecule has 0 aliphatic heterocycles. The van der Waals surface area contributed by atoms with Crippen LogP contribution in [0.15, 0.2) is 46.9 Å². The molecule has 1 atom stereocenters. The summed E-state index contributed by atoms with van der Waals surface area (Å²) in [6, 6.07) is 14.1. The van der Waals surface area contributed by atoms with Crippen molar-refractivity contribution in [2.75, 3.05) is 0 Å². The molecule has 1 unspecified atom stereocenters. The van der Waals surface area contributed by atoms with Gasteiger partial charge in [0.1, 0.15) is 0 Å². The van der Waals surface area contributed by atoms with Gasteiger partial charge < -0.3 is 5.73 Å². The molecule has 2 rings (SSSR count). The molecule has 3 heteroatoms. The second-order valence-electron chi connectivity index (χ2n) is 4.46. The first-order valence-electron chi connectivity index (χ1n) is 5.82. The lowest BCUT2D eigenvalue weighted by atomic mass is 9.99. The zero-order chi connectivity index (χ0) is 13.1. The van der Waals surface area contributed by atoms with Gasteiger partial charge in [-0.3, -0.25) is 0 Å². The van der Waals surface area contributed by atoms with Gasteiger partial charge in [0.2, 0.25) is 0 Å². The molecule has 0 amide bonds. The summed E-state index contributed by atoms with van der Waals surface area (Å²) in [4.78, 5) is 0. The number of hydrogen-bond acceptors (Lipinski definition) is 1. The number of halogens is 2. The predicted molar refractivity (Wildman–Crippen MR) is 81.0 cm³/mol. The van der Waals surface area contributed by atoms with Gasteiger partial charge in [-0.05, 0) is 48.2 Å². The maximum atomic E-state index is 6.23. The first-order valence-corrected chi connectivity index (χ1v) is 6.99. The van der Waals surface area contributed by atoms with Crippen molar-refractivity contribution in [2.24, 2.45) is 5.73 Å². The zero-order valence-corrected chi connectivity index (χ0v) is 12.5. The molecule has 1 nitrogen and oxygen atoms in total. The van der Waals surface area contributed by atoms with Crippen LogP contribution in [-0.4, -0.2) is 0 Å². The molecular weight excluding hydrogens is 310 g/mol. The third kappa shape index (κ3) is 3.35. The Bertz CT molecular complexity index is 554. The highest BCUT2D eigenvalue weighted by Crippen LogP contribution is 2.24. The molecule has 18 heavy (non-hydrogen) atoms. The van der Waals surface area contributed by atoms with Crippen LogP contribution in [0.1, 0.15) is 22.7 Å². The maximum Gasteiger partial charge on any atom is 0.0441 e. The van der Waals surface area contributed by atoms with Crippen LogP contribution in [0.2, 0.25) is 5.02 Å². The summed E-state index contributed by atoms with van der Waals surface area (Å²) in [7, 11) is 0. The van der Waals surface area contributed by atoms with E-state index in [0.29, 0.717) is 0 Å². The molecule has 0 heterocycles. The molecule has 0 bridgehead atoms. The number of hydrogen-bond donors (Lipinski definition) is 1. The highest BCUT2D eigenvalue weighted by molar-refractivity contribution is 9.10. The van der Waals surface area contributed by atoms with Gasteiger partial charge in [0.05, 0.1) is 0 Å². The fourth-order valence-corrected chi connectivity index (χ4v) is 2.64. The second-order valence-corrected chi connectivity index (χ2v) is 5.78. The summed E-state index contributed by atoms with van der Waals surface area (Å²) in [5, 5.41) is 0.792. The molecular formula is C15H15BrClN. The van der Waals surface area contributed by atoms with E-state index in [1.54, 1.807) is 0 Å². The average molecular weight is 325 g/mol. The Morgan fingerprint density at radius 1 is 1.22 bits per heavy atom. The number of benzene rings is 2. The summed E-state index contributed by atoms with van der Waals surface area (Å²) < 4.78 is 1.05. The van der Waals surface area contributed by atoms with Crippen molar-refractivity contribution in [3.05, 3.63) is 68.7 Å². The van der Waals surface area contributed by atoms with Crippen molar-refractivity contribution in [1.82, 2.24) is 0 Å². The van der Waals surface area contributed by atoms with E-state index >= 15 is 0 Å². The minimum atomic E-state index is -0.0392. The van der Waals surface area contributed by atoms with E-state index in [2.05, 4.69) is 28.1 Å². The molecule has 0 aliphatic rings. The van der Waals surface area contributed by atoms with Crippen LogP contribution in [0.3, 0.4) is 0 Å². The van der Waals surface area contributed by atoms with Crippen LogP contribution < -0.4 is 5.73 Å². The number of nitrogens with two attached hydrogens (primary N) is 1. The first-order chi connectivity index (χ1) is 8.56. The Morgan fingerprint density at radius 2 is 2.00 bits per heavy atom. The van der Waals surface area contributed by atoms with Crippen LogP contribution in [-0.2, 0) is 6.42 Å². The van der Waals surface area contributed by atoms with Crippen molar-refractivity contribution in [3.63, 3.8) is 0 Å². The molecule has 0 radical (unpaired) electrons. The van der Waals surface area contributed by atoms with Crippen LogP contribution in [0, 0.1) is 6.92 Å². The third-order valence-corrected chi connectivity index (χ3v) is 3.77. The zero-order valence-electron chi connectivity index (χ0n) is 10.2. The summed E-state index contributed by atoms with van der Waals surface area (Å²) in [5.41, 5.74) is 9.59. The summed E-state index contributed by atoms with van der Waals surface area (Å²) >= 11 is 9.69. The molecule has 0 fully saturated rings. The largest absolute Gasteiger partial charge is 0.324 e. The third-order valence-electron chi connectivity index (χ3n) is 2.93. The fourth-order valence-electron chi connectivity index (χ4n) is 1.91. The Labute approximate surface area is 121 Å². The minimum absolute atomic E-state index is 0.0392. The summed E-state index contributed by atoms with van der Waals surface area (Å²) in [5.74, 6) is 0. The SMILES string of the molecule is Cc1ccc(CC(N)c2cccc(Br)c2)c(Cl)c1. The highest BCUT2D eigenvalue weighted by atomic mass is 79.9. The van der Waals surface area contributed by atoms with E-state index < -0.39 is 0 Å². The van der Waals surface area contributed by atoms with Gasteiger partial charge in [-0.15, -0.1) is 0 Å². The van der Waals surface area contributed by atoms with Crippen LogP contribution in [0.5, 0.6) is 0 Å². The quantitative estimate of drug-likeness (QED) is 0.873. The number of rotatable bonds is 3. The molecule has 0 saturated heterocycles. The van der Waals surface area contributed by atoms with E-state index in [1.807, 2.05) is 37.3 Å². The minimum Gasteiger partial charge on any atom is -0.324 e. The summed E-state index contributed by atoms with van der Waals surface area (Å²) in [6.07, 6.45) is 0.746. The Kier molecular flexibility index (Phi) is 4.44. The van der Waals surface area contributed by atoms with Crippen molar-refractivity contribution in [1.29, 1.82) is 0 Å². The van der Waals surface area contributed by atoms with E-state index in [4.69, 9.17) is 17.3 Å². The van der Waals surface area contributed by atoms with Crippen molar-refractivity contribution in [3.8, 4) is 0 Å². The van der Waals surface area contributed by atoms with Crippen LogP contribution in [0.25, 0.3) is 0 Å². The van der Waals surface area contributed by atoms with Gasteiger partial charge in [-0.25, -0.2) is 0 Å². The molecule has 0 saturated carbocycles. The molecule has 0 aromatic heterocycles. The van der Waals surface area contributed by atoms with Crippen molar-refractivity contribution < 1.29 is 0 Å². The lowest BCUT2D eigenvalue weighted by molar-refractivity contribution is 0.721. The molecule has 0 spiro atoms. The smallest absolute Gasteiger partial charge is 0.0441 e. The lowest BCUT2D eigenvalue weighted by Gasteiger charge is -2.14. The Balaban J connectivity index is 2.18. The van der Waals surface area contributed by atoms with Crippen molar-refractivity contribution >= 4 is 27.5 Å². The Hall–Kier alpha value is -0.830. The standard InChI is InChI=1S/C15H15BrClN/c1-10-5-6-11(14(17)7-10)9-15(18)12-3-2-4-13(16)8-12/h2-8,15H,9,18H2,1H3. The first kappa shape index (κ1) is 13.6. The highest BCUT2D eigenvalue weighted by Gasteiger charge is 2.10. The van der Waals surface area contributed by atoms with E-state index in [9.17, 15) is 0 Å². The molecule has 94 valence electrons. The van der Waals surface area contributed by atoms with Gasteiger partial charge in [-0.1, -0.05) is 51.8 Å². The van der Waals surface area contributed by atoms with Crippen LogP contribution >= 0.6 is 27.5 Å². The predicted octanol–water partition coefficient (Wildman–Crippen LogP) is 4.65. The van der Waals surface area contributed by atoms with Gasteiger partial charge in [-0.2, -0.15) is 0 Å². The summed E-state index contributed by atoms with van der Waals surface area (Å²) in [6.45, 7) is 2.03. The number of aryl methyl sites for hydroxylation is 1. The van der Waals surface area contributed by atoms with E-state index in [1.165, 1.54) is 5.56 Å². The van der Waals surface area contributed by atoms with Gasteiger partial charge in [0, 0.05) is 15.5 Å². The van der Waals surface area contributed by atoms with Crippen molar-refractivity contribution in [2.45, 2.75) is 19.4 Å². The normalized spacial score (nSPS) is 12.4. The van der Waals surface area contributed by atoms with Gasteiger partial charge in [0.25, 0.3) is 0 Å². The van der Waals surface area contributed by atoms with Gasteiger partial charge in [0.15, 0.2) is 0 Å². The van der Waals surface area contributed by atoms with Gasteiger partial charge >= 0.3 is 0 Å². The fraction of sp³-hybridized carbons (Fsp3) is 0.200. The van der Waals surface area contributed by atoms with E-state index in [0.717, 1.165) is 27.0 Å². The average Bonchev–Trinajstić information content (AvgIpc) is 2.32. The topological polar surface area (TPSA) is 26.0 Å². The molecule has 2 aromatic carbocycles. The Morgan fingerprint density at radius 3 is 2.67 bits per heavy atom. The van der Waals surface area contributed by atoms with E-state index in [-0.39, 0.29) is 6.04 Å². The lowest BCUT2D eigenvalue weighted by Crippen LogP contribution is -2.13. The maximum absolute atomic E-state index is 6.23. The molecule has 2 aromatic rings. The van der Waals surface area contributed by atoms with Crippen LogP contribution in [0.4, 0.5) is 0 Å². The second kappa shape index (κ2) is 5.87. The molecule has 2 N–H and O–H groups in total.